The van der Waals surface area contributed by atoms with Crippen molar-refractivity contribution < 1.29 is 9.18 Å². The van der Waals surface area contributed by atoms with Gasteiger partial charge in [-0.1, -0.05) is 25.1 Å². The molecule has 1 heterocycles. The molecular formula is C24H25FN2O. The van der Waals surface area contributed by atoms with E-state index in [1.807, 2.05) is 31.3 Å². The minimum atomic E-state index is -0.299. The highest BCUT2D eigenvalue weighted by Gasteiger charge is 2.29. The summed E-state index contributed by atoms with van der Waals surface area (Å²) < 4.78 is 13.0. The average molecular weight is 376 g/mol. The van der Waals surface area contributed by atoms with E-state index < -0.39 is 0 Å². The lowest BCUT2D eigenvalue weighted by Gasteiger charge is -2.32. The molecule has 1 aliphatic carbocycles. The fourth-order valence-electron chi connectivity index (χ4n) is 4.27. The third kappa shape index (κ3) is 4.06. The van der Waals surface area contributed by atoms with Crippen molar-refractivity contribution in [3.63, 3.8) is 0 Å². The molecule has 144 valence electrons. The number of nitrogens with zero attached hydrogens (tertiary/aromatic N) is 1. The van der Waals surface area contributed by atoms with E-state index >= 15 is 0 Å². The second-order valence-corrected chi connectivity index (χ2v) is 7.86. The van der Waals surface area contributed by atoms with Gasteiger partial charge in [0, 0.05) is 23.2 Å². The molecule has 0 radical (unpaired) electrons. The zero-order valence-electron chi connectivity index (χ0n) is 16.1. The number of benzene rings is 2. The summed E-state index contributed by atoms with van der Waals surface area (Å²) in [5.74, 6) is 0.557. The van der Waals surface area contributed by atoms with E-state index in [4.69, 9.17) is 0 Å². The molecule has 0 unspecified atom stereocenters. The lowest BCUT2D eigenvalue weighted by molar-refractivity contribution is -0.121. The number of fused-ring (bicyclic) bond motifs is 1. The number of rotatable bonds is 4. The van der Waals surface area contributed by atoms with E-state index in [-0.39, 0.29) is 17.6 Å². The maximum Gasteiger partial charge on any atom is 0.227 e. The van der Waals surface area contributed by atoms with Crippen molar-refractivity contribution in [3.8, 4) is 0 Å². The predicted molar refractivity (Wildman–Crippen MR) is 111 cm³/mol. The van der Waals surface area contributed by atoms with E-state index in [0.29, 0.717) is 17.5 Å². The Labute approximate surface area is 165 Å². The van der Waals surface area contributed by atoms with Crippen molar-refractivity contribution in [1.82, 2.24) is 4.98 Å². The van der Waals surface area contributed by atoms with E-state index in [1.165, 1.54) is 23.1 Å². The van der Waals surface area contributed by atoms with Crippen LogP contribution in [0.15, 0.2) is 60.8 Å². The molecule has 1 N–H and O–H groups in total. The van der Waals surface area contributed by atoms with Gasteiger partial charge in [0.15, 0.2) is 0 Å². The number of aromatic nitrogens is 1. The fourth-order valence-corrected chi connectivity index (χ4v) is 4.27. The molecule has 1 aliphatic rings. The van der Waals surface area contributed by atoms with Crippen LogP contribution in [0.25, 0.3) is 10.9 Å². The van der Waals surface area contributed by atoms with Crippen LogP contribution < -0.4 is 5.32 Å². The molecule has 3 nitrogen and oxygen atoms in total. The van der Waals surface area contributed by atoms with Crippen LogP contribution in [0.3, 0.4) is 0 Å². The normalized spacial score (nSPS) is 20.6. The molecule has 0 bridgehead atoms. The molecule has 0 aliphatic heterocycles. The molecule has 4 heteroatoms. The smallest absolute Gasteiger partial charge is 0.227 e. The zero-order valence-corrected chi connectivity index (χ0v) is 16.1. The van der Waals surface area contributed by atoms with Crippen LogP contribution in [-0.4, -0.2) is 10.9 Å². The number of pyridine rings is 1. The van der Waals surface area contributed by atoms with E-state index in [0.717, 1.165) is 31.2 Å². The summed E-state index contributed by atoms with van der Waals surface area (Å²) in [6.07, 6.45) is 6.25. The number of para-hydroxylation sites is 1. The van der Waals surface area contributed by atoms with Gasteiger partial charge < -0.3 is 5.32 Å². The number of carbonyl (C=O) groups excluding carboxylic acids is 1. The first-order valence-corrected chi connectivity index (χ1v) is 10.0. The third-order valence-electron chi connectivity index (χ3n) is 6.09. The maximum absolute atomic E-state index is 13.0. The maximum atomic E-state index is 13.0. The van der Waals surface area contributed by atoms with Crippen molar-refractivity contribution in [2.75, 3.05) is 5.32 Å². The lowest BCUT2D eigenvalue weighted by atomic mass is 9.74. The first kappa shape index (κ1) is 18.6. The summed E-state index contributed by atoms with van der Waals surface area (Å²) in [7, 11) is 0. The van der Waals surface area contributed by atoms with Crippen molar-refractivity contribution in [1.29, 1.82) is 0 Å². The van der Waals surface area contributed by atoms with Crippen LogP contribution in [0, 0.1) is 17.7 Å². The Bertz CT molecular complexity index is 962. The number of carbonyl (C=O) groups is 1. The topological polar surface area (TPSA) is 42.0 Å². The number of nitrogens with one attached hydrogen (secondary N) is 1. The highest BCUT2D eigenvalue weighted by molar-refractivity contribution is 5.92. The van der Waals surface area contributed by atoms with Crippen LogP contribution in [0.2, 0.25) is 0 Å². The molecule has 1 fully saturated rings. The molecule has 1 saturated carbocycles. The number of anilines is 1. The van der Waals surface area contributed by atoms with Gasteiger partial charge in [-0.25, -0.2) is 4.39 Å². The Morgan fingerprint density at radius 1 is 1.07 bits per heavy atom. The van der Waals surface area contributed by atoms with Crippen LogP contribution in [0.1, 0.15) is 44.1 Å². The van der Waals surface area contributed by atoms with Crippen molar-refractivity contribution >= 4 is 22.5 Å². The van der Waals surface area contributed by atoms with Gasteiger partial charge in [-0.05, 0) is 79.5 Å². The van der Waals surface area contributed by atoms with Crippen LogP contribution in [-0.2, 0) is 4.79 Å². The minimum absolute atomic E-state index is 0.0161. The largest absolute Gasteiger partial charge is 0.326 e. The van der Waals surface area contributed by atoms with Crippen LogP contribution in [0.4, 0.5) is 10.1 Å². The van der Waals surface area contributed by atoms with Gasteiger partial charge in [0.25, 0.3) is 0 Å². The molecular weight excluding hydrogens is 351 g/mol. The van der Waals surface area contributed by atoms with Gasteiger partial charge >= 0.3 is 0 Å². The molecule has 1 atom stereocenters. The third-order valence-corrected chi connectivity index (χ3v) is 6.09. The standard InChI is InChI=1S/C24H25FN2O/c1-16(24(28)27-22-12-10-21(25)11-13-22)17-6-8-18(9-7-17)20-14-19-4-2-3-5-23(19)26-15-20/h2-5,10-18H,6-9H2,1H3,(H,27,28)/t16-,17?,18?/m1/s1. The van der Waals surface area contributed by atoms with Gasteiger partial charge in [0.05, 0.1) is 5.52 Å². The molecule has 1 amide bonds. The van der Waals surface area contributed by atoms with Crippen molar-refractivity contribution in [2.24, 2.45) is 11.8 Å². The Morgan fingerprint density at radius 2 is 1.79 bits per heavy atom. The second-order valence-electron chi connectivity index (χ2n) is 7.86. The Hall–Kier alpha value is -2.75. The van der Waals surface area contributed by atoms with E-state index in [9.17, 15) is 9.18 Å². The Kier molecular flexibility index (Phi) is 5.38. The van der Waals surface area contributed by atoms with Crippen molar-refractivity contribution in [2.45, 2.75) is 38.5 Å². The summed E-state index contributed by atoms with van der Waals surface area (Å²) >= 11 is 0. The number of halogens is 1. The van der Waals surface area contributed by atoms with Gasteiger partial charge in [-0.3, -0.25) is 9.78 Å². The predicted octanol–water partition coefficient (Wildman–Crippen LogP) is 5.92. The molecule has 28 heavy (non-hydrogen) atoms. The molecule has 1 aromatic heterocycles. The first-order chi connectivity index (χ1) is 13.6. The summed E-state index contributed by atoms with van der Waals surface area (Å²) in [4.78, 5) is 17.2. The van der Waals surface area contributed by atoms with Gasteiger partial charge in [0.1, 0.15) is 5.82 Å². The van der Waals surface area contributed by atoms with E-state index in [1.54, 1.807) is 12.1 Å². The molecule has 3 aromatic rings. The summed E-state index contributed by atoms with van der Waals surface area (Å²) in [5.41, 5.74) is 2.99. The number of hydrogen-bond donors (Lipinski definition) is 1. The monoisotopic (exact) mass is 376 g/mol. The SMILES string of the molecule is C[C@@H](C(=O)Nc1ccc(F)cc1)C1CCC(c2cnc3ccccc3c2)CC1. The van der Waals surface area contributed by atoms with Gasteiger partial charge in [0.2, 0.25) is 5.91 Å². The quantitative estimate of drug-likeness (QED) is 0.614. The van der Waals surface area contributed by atoms with Crippen molar-refractivity contribution in [3.05, 3.63) is 72.2 Å². The second kappa shape index (κ2) is 8.09. The summed E-state index contributed by atoms with van der Waals surface area (Å²) in [6.45, 7) is 2.00. The lowest BCUT2D eigenvalue weighted by Crippen LogP contribution is -2.29. The Morgan fingerprint density at radius 3 is 2.54 bits per heavy atom. The minimum Gasteiger partial charge on any atom is -0.326 e. The van der Waals surface area contributed by atoms with E-state index in [2.05, 4.69) is 22.4 Å². The Balaban J connectivity index is 1.36. The van der Waals surface area contributed by atoms with Crippen LogP contribution >= 0.6 is 0 Å². The average Bonchev–Trinajstić information content (AvgIpc) is 2.74. The molecule has 0 spiro atoms. The fraction of sp³-hybridized carbons (Fsp3) is 0.333. The molecule has 0 saturated heterocycles. The summed E-state index contributed by atoms with van der Waals surface area (Å²) in [5, 5.41) is 4.10. The highest BCUT2D eigenvalue weighted by Crippen LogP contribution is 2.39. The summed E-state index contributed by atoms with van der Waals surface area (Å²) in [6, 6.07) is 16.4. The number of amides is 1. The zero-order chi connectivity index (χ0) is 19.5. The molecule has 4 rings (SSSR count). The van der Waals surface area contributed by atoms with Gasteiger partial charge in [-0.15, -0.1) is 0 Å². The van der Waals surface area contributed by atoms with Crippen LogP contribution in [0.5, 0.6) is 0 Å². The molecule has 2 aromatic carbocycles. The number of hydrogen-bond acceptors (Lipinski definition) is 2. The first-order valence-electron chi connectivity index (χ1n) is 10.0. The van der Waals surface area contributed by atoms with Gasteiger partial charge in [-0.2, -0.15) is 0 Å². The highest BCUT2D eigenvalue weighted by atomic mass is 19.1.